The van der Waals surface area contributed by atoms with Crippen molar-refractivity contribution in [1.29, 1.82) is 0 Å². The Morgan fingerprint density at radius 3 is 1.70 bits per heavy atom. The first kappa shape index (κ1) is 28.4. The molecule has 234 valence electrons. The van der Waals surface area contributed by atoms with Crippen LogP contribution in [-0.4, -0.2) is 4.57 Å². The zero-order chi connectivity index (χ0) is 33.0. The van der Waals surface area contributed by atoms with Gasteiger partial charge in [-0.25, -0.2) is 0 Å². The third kappa shape index (κ3) is 4.50. The Hall–Kier alpha value is -6.64. The summed E-state index contributed by atoms with van der Waals surface area (Å²) in [5, 5.41) is 10.1. The summed E-state index contributed by atoms with van der Waals surface area (Å²) >= 11 is 0. The summed E-state index contributed by atoms with van der Waals surface area (Å²) in [5.74, 6) is 0. The van der Waals surface area contributed by atoms with Crippen molar-refractivity contribution in [3.63, 3.8) is 0 Å². The van der Waals surface area contributed by atoms with E-state index in [0.29, 0.717) is 0 Å². The standard InChI is InChI=1S/C48H32N2/c1-4-14-33(15-5-1)45-31-34-16-10-11-21-40(34)48-41-28-25-38(30-35(41)24-27-44(45)48)49(36-17-6-2-7-18-36)39-26-29-43-42-22-12-13-23-46(42)50(47(43)32-39)37-19-8-3-9-20-37/h1-32H. The Labute approximate surface area is 290 Å². The van der Waals surface area contributed by atoms with Crippen LogP contribution >= 0.6 is 0 Å². The summed E-state index contributed by atoms with van der Waals surface area (Å²) in [7, 11) is 0. The van der Waals surface area contributed by atoms with Crippen LogP contribution in [0.15, 0.2) is 194 Å². The van der Waals surface area contributed by atoms with Gasteiger partial charge >= 0.3 is 0 Å². The van der Waals surface area contributed by atoms with Crippen LogP contribution in [0, 0.1) is 0 Å². The quantitative estimate of drug-likeness (QED) is 0.171. The normalized spacial score (nSPS) is 11.6. The number of para-hydroxylation sites is 3. The Bertz CT molecular complexity index is 2850. The van der Waals surface area contributed by atoms with Crippen LogP contribution in [0.25, 0.3) is 70.9 Å². The molecule has 0 saturated carbocycles. The Morgan fingerprint density at radius 2 is 0.900 bits per heavy atom. The Morgan fingerprint density at radius 1 is 0.340 bits per heavy atom. The third-order valence-corrected chi connectivity index (χ3v) is 10.1. The molecule has 10 aromatic rings. The molecule has 0 N–H and O–H groups in total. The van der Waals surface area contributed by atoms with Gasteiger partial charge in [-0.15, -0.1) is 0 Å². The molecular formula is C48H32N2. The number of nitrogens with zero attached hydrogens (tertiary/aromatic N) is 2. The first-order valence-electron chi connectivity index (χ1n) is 17.2. The van der Waals surface area contributed by atoms with Gasteiger partial charge < -0.3 is 9.47 Å². The second-order valence-electron chi connectivity index (χ2n) is 13.0. The molecule has 1 heterocycles. The molecule has 50 heavy (non-hydrogen) atoms. The fourth-order valence-electron chi connectivity index (χ4n) is 7.89. The predicted octanol–water partition coefficient (Wildman–Crippen LogP) is 13.4. The first-order chi connectivity index (χ1) is 24.8. The number of hydrogen-bond acceptors (Lipinski definition) is 1. The van der Waals surface area contributed by atoms with Gasteiger partial charge in [-0.05, 0) is 104 Å². The summed E-state index contributed by atoms with van der Waals surface area (Å²) in [4.78, 5) is 2.38. The Balaban J connectivity index is 1.21. The lowest BCUT2D eigenvalue weighted by molar-refractivity contribution is 1.18. The molecule has 2 heteroatoms. The molecule has 1 aromatic heterocycles. The third-order valence-electron chi connectivity index (χ3n) is 10.1. The summed E-state index contributed by atoms with van der Waals surface area (Å²) in [6.07, 6.45) is 0. The second kappa shape index (κ2) is 11.5. The van der Waals surface area contributed by atoms with Gasteiger partial charge in [0.05, 0.1) is 11.0 Å². The Kier molecular flexibility index (Phi) is 6.53. The van der Waals surface area contributed by atoms with Crippen molar-refractivity contribution in [2.24, 2.45) is 0 Å². The summed E-state index contributed by atoms with van der Waals surface area (Å²) in [5.41, 5.74) is 9.39. The lowest BCUT2D eigenvalue weighted by atomic mass is 9.90. The van der Waals surface area contributed by atoms with Crippen molar-refractivity contribution in [2.75, 3.05) is 4.90 Å². The van der Waals surface area contributed by atoms with Gasteiger partial charge in [-0.2, -0.15) is 0 Å². The van der Waals surface area contributed by atoms with Crippen LogP contribution in [0.2, 0.25) is 0 Å². The number of hydrogen-bond donors (Lipinski definition) is 0. The fraction of sp³-hybridized carbons (Fsp3) is 0. The molecule has 0 aliphatic carbocycles. The monoisotopic (exact) mass is 636 g/mol. The zero-order valence-electron chi connectivity index (χ0n) is 27.4. The average molecular weight is 637 g/mol. The number of anilines is 3. The van der Waals surface area contributed by atoms with E-state index in [1.54, 1.807) is 0 Å². The van der Waals surface area contributed by atoms with E-state index >= 15 is 0 Å². The van der Waals surface area contributed by atoms with Gasteiger partial charge in [0.15, 0.2) is 0 Å². The van der Waals surface area contributed by atoms with Gasteiger partial charge in [-0.3, -0.25) is 0 Å². The largest absolute Gasteiger partial charge is 0.310 e. The average Bonchev–Trinajstić information content (AvgIpc) is 3.52. The van der Waals surface area contributed by atoms with Crippen molar-refractivity contribution in [2.45, 2.75) is 0 Å². The number of rotatable bonds is 5. The lowest BCUT2D eigenvalue weighted by Gasteiger charge is -2.26. The first-order valence-corrected chi connectivity index (χ1v) is 17.2. The molecule has 0 atom stereocenters. The number of fused-ring (bicyclic) bond motifs is 8. The van der Waals surface area contributed by atoms with Crippen LogP contribution in [0.3, 0.4) is 0 Å². The van der Waals surface area contributed by atoms with E-state index in [0.717, 1.165) is 22.7 Å². The van der Waals surface area contributed by atoms with E-state index in [9.17, 15) is 0 Å². The highest BCUT2D eigenvalue weighted by Gasteiger charge is 2.19. The maximum Gasteiger partial charge on any atom is 0.0561 e. The summed E-state index contributed by atoms with van der Waals surface area (Å²) in [6, 6.07) is 70.4. The molecule has 0 spiro atoms. The molecule has 0 fully saturated rings. The molecule has 2 nitrogen and oxygen atoms in total. The van der Waals surface area contributed by atoms with Gasteiger partial charge in [-0.1, -0.05) is 133 Å². The molecule has 9 aromatic carbocycles. The highest BCUT2D eigenvalue weighted by molar-refractivity contribution is 6.24. The molecule has 0 saturated heterocycles. The molecule has 0 bridgehead atoms. The van der Waals surface area contributed by atoms with Crippen LogP contribution in [0.4, 0.5) is 17.1 Å². The van der Waals surface area contributed by atoms with E-state index in [-0.39, 0.29) is 0 Å². The maximum atomic E-state index is 2.39. The van der Waals surface area contributed by atoms with Crippen molar-refractivity contribution in [1.82, 2.24) is 4.57 Å². The van der Waals surface area contributed by atoms with Crippen LogP contribution in [0.5, 0.6) is 0 Å². The summed E-state index contributed by atoms with van der Waals surface area (Å²) < 4.78 is 2.39. The molecule has 0 aliphatic heterocycles. The molecule has 10 rings (SSSR count). The topological polar surface area (TPSA) is 8.17 Å². The smallest absolute Gasteiger partial charge is 0.0561 e. The van der Waals surface area contributed by atoms with Gasteiger partial charge in [0.25, 0.3) is 0 Å². The molecular weight excluding hydrogens is 605 g/mol. The fourth-order valence-corrected chi connectivity index (χ4v) is 7.89. The lowest BCUT2D eigenvalue weighted by Crippen LogP contribution is -2.10. The molecule has 0 amide bonds. The SMILES string of the molecule is c1ccc(-c2cc3ccccc3c3c2ccc2cc(N(c4ccccc4)c4ccc5c6ccccc6n(-c6ccccc6)c5c4)ccc23)cc1. The minimum atomic E-state index is 1.11. The van der Waals surface area contributed by atoms with Crippen molar-refractivity contribution in [3.8, 4) is 16.8 Å². The van der Waals surface area contributed by atoms with E-state index < -0.39 is 0 Å². The van der Waals surface area contributed by atoms with Crippen molar-refractivity contribution < 1.29 is 0 Å². The van der Waals surface area contributed by atoms with Gasteiger partial charge in [0.2, 0.25) is 0 Å². The predicted molar refractivity (Wildman–Crippen MR) is 213 cm³/mol. The minimum Gasteiger partial charge on any atom is -0.310 e. The minimum absolute atomic E-state index is 1.11. The zero-order valence-corrected chi connectivity index (χ0v) is 27.4. The molecule has 0 radical (unpaired) electrons. The van der Waals surface area contributed by atoms with Crippen LogP contribution in [0.1, 0.15) is 0 Å². The highest BCUT2D eigenvalue weighted by atomic mass is 15.1. The van der Waals surface area contributed by atoms with Crippen LogP contribution < -0.4 is 4.90 Å². The van der Waals surface area contributed by atoms with Crippen molar-refractivity contribution in [3.05, 3.63) is 194 Å². The molecule has 0 unspecified atom stereocenters. The summed E-state index contributed by atoms with van der Waals surface area (Å²) in [6.45, 7) is 0. The van der Waals surface area contributed by atoms with E-state index in [2.05, 4.69) is 204 Å². The van der Waals surface area contributed by atoms with Crippen molar-refractivity contribution >= 4 is 71.2 Å². The van der Waals surface area contributed by atoms with Gasteiger partial charge in [0.1, 0.15) is 0 Å². The number of benzene rings is 9. The van der Waals surface area contributed by atoms with E-state index in [4.69, 9.17) is 0 Å². The van der Waals surface area contributed by atoms with E-state index in [1.165, 1.54) is 65.3 Å². The molecule has 0 aliphatic rings. The van der Waals surface area contributed by atoms with E-state index in [1.807, 2.05) is 0 Å². The maximum absolute atomic E-state index is 2.39. The highest BCUT2D eigenvalue weighted by Crippen LogP contribution is 2.43. The van der Waals surface area contributed by atoms with Crippen LogP contribution in [-0.2, 0) is 0 Å². The van der Waals surface area contributed by atoms with Gasteiger partial charge in [0, 0.05) is 33.5 Å². The second-order valence-corrected chi connectivity index (χ2v) is 13.0. The number of aromatic nitrogens is 1.